The first kappa shape index (κ1) is 23.1. The van der Waals surface area contributed by atoms with Crippen LogP contribution in [0.2, 0.25) is 0 Å². The van der Waals surface area contributed by atoms with Crippen LogP contribution in [0, 0.1) is 0 Å². The van der Waals surface area contributed by atoms with Crippen LogP contribution in [0.15, 0.2) is 40.9 Å². The molecule has 32 heavy (non-hydrogen) atoms. The lowest BCUT2D eigenvalue weighted by molar-refractivity contribution is -0.141. The zero-order valence-corrected chi connectivity index (χ0v) is 18.1. The van der Waals surface area contributed by atoms with Gasteiger partial charge < -0.3 is 21.2 Å². The van der Waals surface area contributed by atoms with Crippen molar-refractivity contribution in [3.05, 3.63) is 47.0 Å². The fourth-order valence-electron chi connectivity index (χ4n) is 2.80. The van der Waals surface area contributed by atoms with Crippen molar-refractivity contribution >= 4 is 50.2 Å². The average molecular weight is 483 g/mol. The molecule has 1 fully saturated rings. The van der Waals surface area contributed by atoms with Crippen LogP contribution < -0.4 is 16.4 Å². The first-order valence-corrected chi connectivity index (χ1v) is 11.2. The van der Waals surface area contributed by atoms with Gasteiger partial charge in [-0.2, -0.15) is 8.42 Å². The Balaban J connectivity index is 1.81. The fourth-order valence-corrected chi connectivity index (χ4v) is 4.04. The van der Waals surface area contributed by atoms with Gasteiger partial charge in [0.15, 0.2) is 10.8 Å². The molecule has 2 aromatic rings. The average Bonchev–Trinajstić information content (AvgIpc) is 3.17. The Labute approximate surface area is 186 Å². The van der Waals surface area contributed by atoms with Gasteiger partial charge in [-0.1, -0.05) is 35.5 Å². The Bertz CT molecular complexity index is 1170. The van der Waals surface area contributed by atoms with Gasteiger partial charge in [-0.25, -0.2) is 9.29 Å². The molecule has 0 radical (unpaired) electrons. The molecular formula is C17H18N6O7S2. The third-order valence-corrected chi connectivity index (χ3v) is 5.88. The third-order valence-electron chi connectivity index (χ3n) is 4.32. The SMILES string of the molecule is CO/N=C(\C(=O)NC(C(=O)NC1CN(S(=O)(=O)O)C1=O)c1ccccc1)c1csc(N)n1. The van der Waals surface area contributed by atoms with E-state index in [1.54, 1.807) is 30.3 Å². The molecule has 2 heterocycles. The predicted octanol–water partition coefficient (Wildman–Crippen LogP) is -0.937. The number of aromatic nitrogens is 1. The molecule has 3 rings (SSSR count). The van der Waals surface area contributed by atoms with Crippen molar-refractivity contribution in [2.24, 2.45) is 5.16 Å². The second-order valence-corrected chi connectivity index (χ2v) is 8.65. The number of oxime groups is 1. The number of rotatable bonds is 8. The van der Waals surface area contributed by atoms with Crippen LogP contribution in [0.3, 0.4) is 0 Å². The second-order valence-electron chi connectivity index (χ2n) is 6.42. The summed E-state index contributed by atoms with van der Waals surface area (Å²) in [7, 11) is -3.47. The van der Waals surface area contributed by atoms with E-state index in [4.69, 9.17) is 15.1 Å². The third kappa shape index (κ3) is 5.01. The molecule has 1 aromatic heterocycles. The highest BCUT2D eigenvalue weighted by atomic mass is 32.2. The van der Waals surface area contributed by atoms with Gasteiger partial charge in [0, 0.05) is 5.38 Å². The molecule has 1 saturated heterocycles. The summed E-state index contributed by atoms with van der Waals surface area (Å²) in [5, 5.41) is 10.2. The zero-order valence-electron chi connectivity index (χ0n) is 16.5. The summed E-state index contributed by atoms with van der Waals surface area (Å²) in [6.07, 6.45) is 0. The standard InChI is InChI=1S/C17H18N6O7S2/c1-30-22-13(11-8-31-17(18)20-11)15(25)21-12(9-5-3-2-4-6-9)14(24)19-10-7-23(16(10)26)32(27,28)29/h2-6,8,10,12H,7H2,1H3,(H2,18,20)(H,19,24)(H,21,25)(H,27,28,29)/b22-13-. The number of hydrogen-bond acceptors (Lipinski definition) is 10. The summed E-state index contributed by atoms with van der Waals surface area (Å²) in [5.74, 6) is -2.59. The van der Waals surface area contributed by atoms with Crippen LogP contribution in [0.1, 0.15) is 17.3 Å². The van der Waals surface area contributed by atoms with E-state index in [2.05, 4.69) is 20.8 Å². The highest BCUT2D eigenvalue weighted by Crippen LogP contribution is 2.19. The van der Waals surface area contributed by atoms with Crippen molar-refractivity contribution in [2.45, 2.75) is 12.1 Å². The molecule has 2 unspecified atom stereocenters. The minimum atomic E-state index is -4.70. The fraction of sp³-hybridized carbons (Fsp3) is 0.235. The summed E-state index contributed by atoms with van der Waals surface area (Å²) < 4.78 is 31.3. The van der Waals surface area contributed by atoms with Crippen LogP contribution in [0.25, 0.3) is 0 Å². The first-order valence-electron chi connectivity index (χ1n) is 8.89. The molecule has 3 amide bonds. The number of nitrogens with zero attached hydrogens (tertiary/aromatic N) is 3. The van der Waals surface area contributed by atoms with Gasteiger partial charge in [0.25, 0.3) is 11.8 Å². The second kappa shape index (κ2) is 9.29. The molecule has 0 aliphatic carbocycles. The highest BCUT2D eigenvalue weighted by Gasteiger charge is 2.45. The van der Waals surface area contributed by atoms with Crippen LogP contribution in [0.5, 0.6) is 0 Å². The minimum Gasteiger partial charge on any atom is -0.398 e. The highest BCUT2D eigenvalue weighted by molar-refractivity contribution is 7.84. The number of nitrogens with two attached hydrogens (primary N) is 1. The van der Waals surface area contributed by atoms with E-state index < -0.39 is 46.7 Å². The Morgan fingerprint density at radius 2 is 2.06 bits per heavy atom. The quantitative estimate of drug-likeness (QED) is 0.159. The number of benzene rings is 1. The smallest absolute Gasteiger partial charge is 0.362 e. The molecule has 1 aromatic carbocycles. The lowest BCUT2D eigenvalue weighted by Crippen LogP contribution is -2.66. The van der Waals surface area contributed by atoms with Crippen LogP contribution in [-0.2, 0) is 29.5 Å². The van der Waals surface area contributed by atoms with E-state index in [0.29, 0.717) is 5.56 Å². The van der Waals surface area contributed by atoms with Gasteiger partial charge >= 0.3 is 10.3 Å². The van der Waals surface area contributed by atoms with Crippen molar-refractivity contribution in [1.82, 2.24) is 19.9 Å². The summed E-state index contributed by atoms with van der Waals surface area (Å²) in [4.78, 5) is 46.4. The molecule has 0 spiro atoms. The van der Waals surface area contributed by atoms with Gasteiger partial charge in [-0.05, 0) is 5.56 Å². The summed E-state index contributed by atoms with van der Waals surface area (Å²) in [5.41, 5.74) is 5.89. The monoisotopic (exact) mass is 482 g/mol. The van der Waals surface area contributed by atoms with Crippen molar-refractivity contribution in [1.29, 1.82) is 0 Å². The number of anilines is 1. The lowest BCUT2D eigenvalue weighted by Gasteiger charge is -2.36. The molecule has 1 aliphatic heterocycles. The summed E-state index contributed by atoms with van der Waals surface area (Å²) in [6, 6.07) is 5.68. The summed E-state index contributed by atoms with van der Waals surface area (Å²) in [6.45, 7) is -0.437. The van der Waals surface area contributed by atoms with Crippen LogP contribution >= 0.6 is 11.3 Å². The zero-order chi connectivity index (χ0) is 23.5. The Morgan fingerprint density at radius 1 is 1.38 bits per heavy atom. The molecule has 1 aliphatic rings. The maximum absolute atomic E-state index is 12.9. The number of carbonyl (C=O) groups is 3. The first-order chi connectivity index (χ1) is 15.1. The molecular weight excluding hydrogens is 464 g/mol. The number of nitrogen functional groups attached to an aromatic ring is 1. The largest absolute Gasteiger partial charge is 0.398 e. The molecule has 0 bridgehead atoms. The molecule has 5 N–H and O–H groups in total. The van der Waals surface area contributed by atoms with Crippen molar-refractivity contribution in [3.8, 4) is 0 Å². The van der Waals surface area contributed by atoms with Crippen LogP contribution in [0.4, 0.5) is 5.13 Å². The maximum atomic E-state index is 12.9. The topological polar surface area (TPSA) is 193 Å². The Morgan fingerprint density at radius 3 is 2.59 bits per heavy atom. The molecule has 2 atom stereocenters. The number of amides is 3. The molecule has 13 nitrogen and oxygen atoms in total. The van der Waals surface area contributed by atoms with Crippen molar-refractivity contribution < 1.29 is 32.2 Å². The van der Waals surface area contributed by atoms with E-state index in [1.807, 2.05) is 0 Å². The molecule has 170 valence electrons. The van der Waals surface area contributed by atoms with Gasteiger partial charge in [0.2, 0.25) is 5.91 Å². The van der Waals surface area contributed by atoms with E-state index >= 15 is 0 Å². The van der Waals surface area contributed by atoms with Gasteiger partial charge in [0.05, 0.1) is 6.54 Å². The van der Waals surface area contributed by atoms with Crippen molar-refractivity contribution in [2.75, 3.05) is 19.4 Å². The van der Waals surface area contributed by atoms with Gasteiger partial charge in [0.1, 0.15) is 24.9 Å². The number of β-lactam (4-membered cyclic amide) rings is 1. The summed E-state index contributed by atoms with van der Waals surface area (Å²) >= 11 is 1.08. The normalized spacial score (nSPS) is 17.3. The Hall–Kier alpha value is -3.56. The van der Waals surface area contributed by atoms with E-state index in [9.17, 15) is 22.8 Å². The number of thiazole rings is 1. The number of carbonyl (C=O) groups excluding carboxylic acids is 3. The van der Waals surface area contributed by atoms with E-state index in [-0.39, 0.29) is 20.8 Å². The minimum absolute atomic E-state index is 0.136. The predicted molar refractivity (Wildman–Crippen MR) is 113 cm³/mol. The van der Waals surface area contributed by atoms with Gasteiger partial charge in [-0.15, -0.1) is 11.3 Å². The lowest BCUT2D eigenvalue weighted by atomic mass is 10.0. The van der Waals surface area contributed by atoms with Crippen LogP contribution in [-0.4, -0.2) is 65.4 Å². The number of nitrogens with one attached hydrogen (secondary N) is 2. The van der Waals surface area contributed by atoms with E-state index in [1.165, 1.54) is 12.5 Å². The Kier molecular flexibility index (Phi) is 6.71. The maximum Gasteiger partial charge on any atom is 0.362 e. The van der Waals surface area contributed by atoms with E-state index in [0.717, 1.165) is 11.3 Å². The van der Waals surface area contributed by atoms with Crippen molar-refractivity contribution in [3.63, 3.8) is 0 Å². The molecule has 15 heteroatoms. The van der Waals surface area contributed by atoms with Gasteiger partial charge in [-0.3, -0.25) is 18.9 Å². The molecule has 0 saturated carbocycles. The number of hydrogen-bond donors (Lipinski definition) is 4.